The summed E-state index contributed by atoms with van der Waals surface area (Å²) in [7, 11) is 1.63. The second-order valence-electron chi connectivity index (χ2n) is 6.14. The highest BCUT2D eigenvalue weighted by molar-refractivity contribution is 5.88. The van der Waals surface area contributed by atoms with Gasteiger partial charge in [0.15, 0.2) is 0 Å². The van der Waals surface area contributed by atoms with Crippen LogP contribution < -0.4 is 21.5 Å². The van der Waals surface area contributed by atoms with Gasteiger partial charge in [0.25, 0.3) is 5.56 Å². The van der Waals surface area contributed by atoms with Crippen molar-refractivity contribution >= 4 is 11.6 Å². The number of aromatic nitrogens is 2. The lowest BCUT2D eigenvalue weighted by Crippen LogP contribution is -2.44. The van der Waals surface area contributed by atoms with Crippen molar-refractivity contribution in [2.45, 2.75) is 24.8 Å². The molecule has 1 aliphatic carbocycles. The third-order valence-corrected chi connectivity index (χ3v) is 4.40. The van der Waals surface area contributed by atoms with Crippen molar-refractivity contribution in [3.8, 4) is 0 Å². The number of carbonyl (C=O) groups excluding carboxylic acids is 1. The van der Waals surface area contributed by atoms with Crippen LogP contribution in [0.5, 0.6) is 0 Å². The van der Waals surface area contributed by atoms with Crippen LogP contribution in [0.15, 0.2) is 17.1 Å². The van der Waals surface area contributed by atoms with Crippen molar-refractivity contribution in [1.82, 2.24) is 15.1 Å². The molecule has 2 aliphatic rings. The molecule has 3 rings (SSSR count). The summed E-state index contributed by atoms with van der Waals surface area (Å²) < 4.78 is 1.31. The lowest BCUT2D eigenvalue weighted by molar-refractivity contribution is -0.123. The van der Waals surface area contributed by atoms with E-state index in [0.29, 0.717) is 12.5 Å². The summed E-state index contributed by atoms with van der Waals surface area (Å²) in [6.07, 6.45) is 4.28. The average molecular weight is 291 g/mol. The fourth-order valence-electron chi connectivity index (χ4n) is 2.64. The van der Waals surface area contributed by atoms with Gasteiger partial charge < -0.3 is 16.0 Å². The standard InChI is InChI=1S/C14H21N5O2/c1-18-12(20)6-11(8-17-18)19-5-2-10(9-19)7-16-13(21)14(15)3-4-14/h6,8,10H,2-5,7,9,15H2,1H3,(H,16,21). The van der Waals surface area contributed by atoms with E-state index in [1.54, 1.807) is 19.3 Å². The number of hydrogen-bond donors (Lipinski definition) is 2. The summed E-state index contributed by atoms with van der Waals surface area (Å²) in [5.74, 6) is 0.358. The largest absolute Gasteiger partial charge is 0.370 e. The molecule has 114 valence electrons. The number of rotatable bonds is 4. The SMILES string of the molecule is Cn1ncc(N2CCC(CNC(=O)C3(N)CC3)C2)cc1=O. The number of nitrogens with two attached hydrogens (primary N) is 1. The van der Waals surface area contributed by atoms with E-state index in [1.807, 2.05) is 0 Å². The predicted molar refractivity (Wildman–Crippen MR) is 79.0 cm³/mol. The summed E-state index contributed by atoms with van der Waals surface area (Å²) >= 11 is 0. The lowest BCUT2D eigenvalue weighted by Gasteiger charge is -2.18. The van der Waals surface area contributed by atoms with Gasteiger partial charge in [-0.15, -0.1) is 0 Å². The van der Waals surface area contributed by atoms with Gasteiger partial charge in [0.2, 0.25) is 5.91 Å². The molecule has 2 heterocycles. The van der Waals surface area contributed by atoms with Crippen molar-refractivity contribution < 1.29 is 4.79 Å². The number of carbonyl (C=O) groups is 1. The lowest BCUT2D eigenvalue weighted by atomic mass is 10.1. The molecular formula is C14H21N5O2. The Kier molecular flexibility index (Phi) is 3.44. The molecule has 2 fully saturated rings. The number of anilines is 1. The van der Waals surface area contributed by atoms with Crippen molar-refractivity contribution in [3.05, 3.63) is 22.6 Å². The number of hydrogen-bond acceptors (Lipinski definition) is 5. The zero-order valence-electron chi connectivity index (χ0n) is 12.2. The van der Waals surface area contributed by atoms with E-state index in [9.17, 15) is 9.59 Å². The van der Waals surface area contributed by atoms with Gasteiger partial charge in [-0.3, -0.25) is 9.59 Å². The van der Waals surface area contributed by atoms with Crippen LogP contribution in [-0.4, -0.2) is 40.9 Å². The van der Waals surface area contributed by atoms with Crippen LogP contribution in [-0.2, 0) is 11.8 Å². The van der Waals surface area contributed by atoms with Gasteiger partial charge in [0.1, 0.15) is 0 Å². The number of nitrogens with one attached hydrogen (secondary N) is 1. The Morgan fingerprint density at radius 2 is 2.33 bits per heavy atom. The molecule has 1 atom stereocenters. The quantitative estimate of drug-likeness (QED) is 0.758. The van der Waals surface area contributed by atoms with Crippen molar-refractivity contribution in [3.63, 3.8) is 0 Å². The molecule has 1 saturated heterocycles. The number of nitrogens with zero attached hydrogens (tertiary/aromatic N) is 3. The minimum atomic E-state index is -0.603. The fraction of sp³-hybridized carbons (Fsp3) is 0.643. The second-order valence-corrected chi connectivity index (χ2v) is 6.14. The average Bonchev–Trinajstić information content (AvgIpc) is 3.04. The van der Waals surface area contributed by atoms with Gasteiger partial charge >= 0.3 is 0 Å². The van der Waals surface area contributed by atoms with Crippen molar-refractivity contribution in [1.29, 1.82) is 0 Å². The first kappa shape index (κ1) is 14.1. The molecule has 3 N–H and O–H groups in total. The highest BCUT2D eigenvalue weighted by Crippen LogP contribution is 2.32. The Balaban J connectivity index is 1.54. The second kappa shape index (κ2) is 5.14. The number of amides is 1. The van der Waals surface area contributed by atoms with Crippen LogP contribution in [0.4, 0.5) is 5.69 Å². The Labute approximate surface area is 123 Å². The minimum absolute atomic E-state index is 0.0313. The van der Waals surface area contributed by atoms with Crippen molar-refractivity contribution in [2.24, 2.45) is 18.7 Å². The summed E-state index contributed by atoms with van der Waals surface area (Å²) in [6.45, 7) is 2.35. The van der Waals surface area contributed by atoms with Gasteiger partial charge in [-0.2, -0.15) is 5.10 Å². The maximum Gasteiger partial charge on any atom is 0.268 e. The molecule has 7 nitrogen and oxygen atoms in total. The van der Waals surface area contributed by atoms with Crippen LogP contribution >= 0.6 is 0 Å². The van der Waals surface area contributed by atoms with Crippen LogP contribution in [0.25, 0.3) is 0 Å². The Morgan fingerprint density at radius 1 is 1.57 bits per heavy atom. The van der Waals surface area contributed by atoms with Gasteiger partial charge in [0.05, 0.1) is 17.4 Å². The van der Waals surface area contributed by atoms with E-state index >= 15 is 0 Å². The van der Waals surface area contributed by atoms with Crippen LogP contribution in [0.1, 0.15) is 19.3 Å². The third kappa shape index (κ3) is 2.92. The van der Waals surface area contributed by atoms with Crippen LogP contribution in [0.2, 0.25) is 0 Å². The topological polar surface area (TPSA) is 93.2 Å². The predicted octanol–water partition coefficient (Wildman–Crippen LogP) is -0.786. The Bertz CT molecular complexity index is 608. The molecule has 1 unspecified atom stereocenters. The molecule has 0 radical (unpaired) electrons. The maximum atomic E-state index is 11.8. The minimum Gasteiger partial charge on any atom is -0.370 e. The van der Waals surface area contributed by atoms with Gasteiger partial charge in [0, 0.05) is 32.7 Å². The molecule has 1 amide bonds. The number of aryl methyl sites for hydroxylation is 1. The van der Waals surface area contributed by atoms with E-state index < -0.39 is 5.54 Å². The highest BCUT2D eigenvalue weighted by atomic mass is 16.2. The Morgan fingerprint density at radius 3 is 3.00 bits per heavy atom. The van der Waals surface area contributed by atoms with Gasteiger partial charge in [-0.05, 0) is 25.2 Å². The summed E-state index contributed by atoms with van der Waals surface area (Å²) in [6, 6.07) is 1.60. The molecule has 1 aliphatic heterocycles. The van der Waals surface area contributed by atoms with Crippen LogP contribution in [0.3, 0.4) is 0 Å². The monoisotopic (exact) mass is 291 g/mol. The van der Waals surface area contributed by atoms with Crippen LogP contribution in [0, 0.1) is 5.92 Å². The molecule has 1 aromatic heterocycles. The molecule has 0 bridgehead atoms. The van der Waals surface area contributed by atoms with Gasteiger partial charge in [-0.1, -0.05) is 0 Å². The third-order valence-electron chi connectivity index (χ3n) is 4.40. The summed E-state index contributed by atoms with van der Waals surface area (Å²) in [5, 5.41) is 6.99. The maximum absolute atomic E-state index is 11.8. The summed E-state index contributed by atoms with van der Waals surface area (Å²) in [4.78, 5) is 25.6. The Hall–Kier alpha value is -1.89. The van der Waals surface area contributed by atoms with E-state index in [4.69, 9.17) is 5.73 Å². The molecule has 0 spiro atoms. The van der Waals surface area contributed by atoms with Crippen molar-refractivity contribution in [2.75, 3.05) is 24.5 Å². The smallest absolute Gasteiger partial charge is 0.268 e. The van der Waals surface area contributed by atoms with E-state index in [1.165, 1.54) is 4.68 Å². The molecular weight excluding hydrogens is 270 g/mol. The summed E-state index contributed by atoms with van der Waals surface area (Å²) in [5.41, 5.74) is 6.00. The highest BCUT2D eigenvalue weighted by Gasteiger charge is 2.45. The fourth-order valence-corrected chi connectivity index (χ4v) is 2.64. The molecule has 1 saturated carbocycles. The first-order valence-electron chi connectivity index (χ1n) is 7.33. The molecule has 0 aromatic carbocycles. The normalized spacial score (nSPS) is 23.1. The van der Waals surface area contributed by atoms with E-state index in [-0.39, 0.29) is 11.5 Å². The van der Waals surface area contributed by atoms with Gasteiger partial charge in [-0.25, -0.2) is 4.68 Å². The first-order chi connectivity index (χ1) is 9.98. The first-order valence-corrected chi connectivity index (χ1v) is 7.33. The zero-order valence-corrected chi connectivity index (χ0v) is 12.2. The molecule has 1 aromatic rings. The zero-order chi connectivity index (χ0) is 15.0. The molecule has 7 heteroatoms. The molecule has 21 heavy (non-hydrogen) atoms. The van der Waals surface area contributed by atoms with E-state index in [0.717, 1.165) is 38.0 Å². The van der Waals surface area contributed by atoms with E-state index in [2.05, 4.69) is 15.3 Å².